The molecule has 0 saturated heterocycles. The van der Waals surface area contributed by atoms with Crippen molar-refractivity contribution in [1.82, 2.24) is 4.90 Å². The van der Waals surface area contributed by atoms with Crippen LogP contribution in [0, 0.1) is 6.92 Å². The molecule has 0 fully saturated rings. The van der Waals surface area contributed by atoms with Gasteiger partial charge in [0, 0.05) is 23.8 Å². The SMILES string of the molecule is Cc1occc1CN(C)C(C)c1cccc(N)c1. The number of nitrogens with zero attached hydrogens (tertiary/aromatic N) is 1. The molecule has 0 saturated carbocycles. The number of nitrogen functional groups attached to an aromatic ring is 1. The van der Waals surface area contributed by atoms with Gasteiger partial charge in [-0.1, -0.05) is 12.1 Å². The number of benzene rings is 1. The molecule has 0 aliphatic rings. The van der Waals surface area contributed by atoms with E-state index in [1.807, 2.05) is 31.2 Å². The van der Waals surface area contributed by atoms with Crippen LogP contribution >= 0.6 is 0 Å². The summed E-state index contributed by atoms with van der Waals surface area (Å²) in [5.74, 6) is 0.988. The average molecular weight is 244 g/mol. The first-order valence-corrected chi connectivity index (χ1v) is 6.16. The largest absolute Gasteiger partial charge is 0.469 e. The summed E-state index contributed by atoms with van der Waals surface area (Å²) >= 11 is 0. The van der Waals surface area contributed by atoms with E-state index in [9.17, 15) is 0 Å². The summed E-state index contributed by atoms with van der Waals surface area (Å²) < 4.78 is 5.32. The van der Waals surface area contributed by atoms with E-state index in [1.165, 1.54) is 11.1 Å². The van der Waals surface area contributed by atoms with E-state index in [2.05, 4.69) is 24.9 Å². The predicted octanol–water partition coefficient (Wildman–Crippen LogP) is 3.36. The average Bonchev–Trinajstić information content (AvgIpc) is 2.74. The monoisotopic (exact) mass is 244 g/mol. The van der Waals surface area contributed by atoms with E-state index in [-0.39, 0.29) is 0 Å². The highest BCUT2D eigenvalue weighted by molar-refractivity contribution is 5.41. The van der Waals surface area contributed by atoms with Crippen molar-refractivity contribution in [3.63, 3.8) is 0 Å². The number of anilines is 1. The zero-order valence-electron chi connectivity index (χ0n) is 11.2. The third-order valence-corrected chi connectivity index (χ3v) is 3.44. The highest BCUT2D eigenvalue weighted by atomic mass is 16.3. The fraction of sp³-hybridized carbons (Fsp3) is 0.333. The number of rotatable bonds is 4. The van der Waals surface area contributed by atoms with Crippen LogP contribution in [0.4, 0.5) is 5.69 Å². The Balaban J connectivity index is 2.09. The molecular formula is C15H20N2O. The number of hydrogen-bond donors (Lipinski definition) is 1. The summed E-state index contributed by atoms with van der Waals surface area (Å²) in [6.45, 7) is 5.05. The summed E-state index contributed by atoms with van der Waals surface area (Å²) in [7, 11) is 2.11. The maximum absolute atomic E-state index is 5.82. The van der Waals surface area contributed by atoms with Crippen LogP contribution in [-0.2, 0) is 6.54 Å². The molecule has 0 aliphatic heterocycles. The second-order valence-electron chi connectivity index (χ2n) is 4.76. The van der Waals surface area contributed by atoms with Crippen molar-refractivity contribution < 1.29 is 4.42 Å². The third kappa shape index (κ3) is 2.74. The summed E-state index contributed by atoms with van der Waals surface area (Å²) in [6.07, 6.45) is 1.74. The van der Waals surface area contributed by atoms with Gasteiger partial charge in [0.05, 0.1) is 6.26 Å². The summed E-state index contributed by atoms with van der Waals surface area (Å²) in [5.41, 5.74) is 9.10. The summed E-state index contributed by atoms with van der Waals surface area (Å²) in [6, 6.07) is 10.4. The van der Waals surface area contributed by atoms with Gasteiger partial charge in [-0.25, -0.2) is 0 Å². The highest BCUT2D eigenvalue weighted by Gasteiger charge is 2.13. The van der Waals surface area contributed by atoms with Gasteiger partial charge in [-0.3, -0.25) is 4.90 Å². The zero-order valence-corrected chi connectivity index (χ0v) is 11.2. The smallest absolute Gasteiger partial charge is 0.105 e. The van der Waals surface area contributed by atoms with Crippen LogP contribution in [-0.4, -0.2) is 11.9 Å². The minimum absolute atomic E-state index is 0.322. The lowest BCUT2D eigenvalue weighted by atomic mass is 10.1. The second kappa shape index (κ2) is 5.27. The van der Waals surface area contributed by atoms with E-state index in [0.29, 0.717) is 6.04 Å². The molecule has 1 heterocycles. The molecule has 1 aromatic heterocycles. The van der Waals surface area contributed by atoms with Crippen molar-refractivity contribution in [1.29, 1.82) is 0 Å². The molecule has 2 rings (SSSR count). The molecule has 96 valence electrons. The van der Waals surface area contributed by atoms with Gasteiger partial charge in [0.25, 0.3) is 0 Å². The van der Waals surface area contributed by atoms with Crippen LogP contribution < -0.4 is 5.73 Å². The van der Waals surface area contributed by atoms with Gasteiger partial charge in [-0.15, -0.1) is 0 Å². The first-order chi connectivity index (χ1) is 8.58. The molecule has 1 atom stereocenters. The van der Waals surface area contributed by atoms with Crippen LogP contribution in [0.1, 0.15) is 29.9 Å². The van der Waals surface area contributed by atoms with Gasteiger partial charge in [0.1, 0.15) is 5.76 Å². The molecule has 18 heavy (non-hydrogen) atoms. The Labute approximate surface area is 108 Å². The number of aryl methyl sites for hydroxylation is 1. The van der Waals surface area contributed by atoms with E-state index in [0.717, 1.165) is 18.0 Å². The predicted molar refractivity (Wildman–Crippen MR) is 74.2 cm³/mol. The molecule has 0 bridgehead atoms. The first-order valence-electron chi connectivity index (χ1n) is 6.16. The van der Waals surface area contributed by atoms with Crippen molar-refractivity contribution >= 4 is 5.69 Å². The molecule has 0 amide bonds. The maximum atomic E-state index is 5.82. The highest BCUT2D eigenvalue weighted by Crippen LogP contribution is 2.23. The number of hydrogen-bond acceptors (Lipinski definition) is 3. The van der Waals surface area contributed by atoms with Gasteiger partial charge < -0.3 is 10.2 Å². The Hall–Kier alpha value is -1.74. The van der Waals surface area contributed by atoms with E-state index < -0.39 is 0 Å². The standard InChI is InChI=1S/C15H20N2O/c1-11(13-5-4-6-15(16)9-13)17(3)10-14-7-8-18-12(14)2/h4-9,11H,10,16H2,1-3H3. The van der Waals surface area contributed by atoms with Gasteiger partial charge in [-0.2, -0.15) is 0 Å². The van der Waals surface area contributed by atoms with E-state index >= 15 is 0 Å². The Kier molecular flexibility index (Phi) is 3.72. The zero-order chi connectivity index (χ0) is 13.1. The molecule has 2 N–H and O–H groups in total. The molecule has 1 unspecified atom stereocenters. The second-order valence-corrected chi connectivity index (χ2v) is 4.76. The Bertz CT molecular complexity index is 519. The van der Waals surface area contributed by atoms with Gasteiger partial charge in [0.15, 0.2) is 0 Å². The Morgan fingerprint density at radius 3 is 2.72 bits per heavy atom. The molecule has 3 heteroatoms. The lowest BCUT2D eigenvalue weighted by Crippen LogP contribution is -2.22. The molecular weight excluding hydrogens is 224 g/mol. The number of nitrogens with two attached hydrogens (primary N) is 1. The maximum Gasteiger partial charge on any atom is 0.105 e. The van der Waals surface area contributed by atoms with Gasteiger partial charge in [0.2, 0.25) is 0 Å². The fourth-order valence-corrected chi connectivity index (χ4v) is 2.05. The molecule has 2 aromatic rings. The first kappa shape index (κ1) is 12.7. The Morgan fingerprint density at radius 1 is 1.33 bits per heavy atom. The van der Waals surface area contributed by atoms with E-state index in [4.69, 9.17) is 10.2 Å². The van der Waals surface area contributed by atoms with Gasteiger partial charge in [-0.05, 0) is 44.7 Å². The molecule has 1 aromatic carbocycles. The van der Waals surface area contributed by atoms with Crippen molar-refractivity contribution in [2.24, 2.45) is 0 Å². The topological polar surface area (TPSA) is 42.4 Å². The van der Waals surface area contributed by atoms with Crippen LogP contribution in [0.5, 0.6) is 0 Å². The fourth-order valence-electron chi connectivity index (χ4n) is 2.05. The van der Waals surface area contributed by atoms with Crippen molar-refractivity contribution in [3.8, 4) is 0 Å². The summed E-state index contributed by atoms with van der Waals surface area (Å²) in [4.78, 5) is 2.28. The molecule has 0 spiro atoms. The summed E-state index contributed by atoms with van der Waals surface area (Å²) in [5, 5.41) is 0. The lowest BCUT2D eigenvalue weighted by Gasteiger charge is -2.25. The minimum atomic E-state index is 0.322. The normalized spacial score (nSPS) is 12.9. The van der Waals surface area contributed by atoms with Crippen LogP contribution in [0.2, 0.25) is 0 Å². The van der Waals surface area contributed by atoms with Crippen LogP contribution in [0.3, 0.4) is 0 Å². The Morgan fingerprint density at radius 2 is 2.11 bits per heavy atom. The van der Waals surface area contributed by atoms with Crippen molar-refractivity contribution in [3.05, 3.63) is 53.5 Å². The molecule has 0 aliphatic carbocycles. The molecule has 0 radical (unpaired) electrons. The van der Waals surface area contributed by atoms with Gasteiger partial charge >= 0.3 is 0 Å². The molecule has 3 nitrogen and oxygen atoms in total. The van der Waals surface area contributed by atoms with Crippen molar-refractivity contribution in [2.45, 2.75) is 26.4 Å². The van der Waals surface area contributed by atoms with Crippen LogP contribution in [0.25, 0.3) is 0 Å². The quantitative estimate of drug-likeness (QED) is 0.838. The van der Waals surface area contributed by atoms with Crippen molar-refractivity contribution in [2.75, 3.05) is 12.8 Å². The van der Waals surface area contributed by atoms with Crippen LogP contribution in [0.15, 0.2) is 41.0 Å². The minimum Gasteiger partial charge on any atom is -0.469 e. The lowest BCUT2D eigenvalue weighted by molar-refractivity contribution is 0.251. The number of furan rings is 1. The van der Waals surface area contributed by atoms with E-state index in [1.54, 1.807) is 6.26 Å². The third-order valence-electron chi connectivity index (χ3n) is 3.44.